The zero-order valence-corrected chi connectivity index (χ0v) is 17.4. The normalized spacial score (nSPS) is 17.1. The van der Waals surface area contributed by atoms with Gasteiger partial charge in [-0.05, 0) is 37.1 Å². The van der Waals surface area contributed by atoms with Gasteiger partial charge in [0.25, 0.3) is 0 Å². The van der Waals surface area contributed by atoms with Crippen LogP contribution >= 0.6 is 0 Å². The monoisotopic (exact) mass is 441 g/mol. The molecule has 0 bridgehead atoms. The highest BCUT2D eigenvalue weighted by molar-refractivity contribution is 5.97. The van der Waals surface area contributed by atoms with Gasteiger partial charge >= 0.3 is 6.18 Å². The average molecular weight is 441 g/mol. The van der Waals surface area contributed by atoms with E-state index in [1.54, 1.807) is 17.1 Å². The van der Waals surface area contributed by atoms with Crippen molar-refractivity contribution in [1.82, 2.24) is 30.0 Å². The minimum absolute atomic E-state index is 0.0773. The van der Waals surface area contributed by atoms with Gasteiger partial charge in [0.2, 0.25) is 5.95 Å². The van der Waals surface area contributed by atoms with Crippen LogP contribution < -0.4 is 10.6 Å². The zero-order chi connectivity index (χ0) is 22.3. The van der Waals surface area contributed by atoms with Crippen LogP contribution in [0.25, 0.3) is 33.3 Å². The minimum Gasteiger partial charge on any atom is -0.360 e. The summed E-state index contributed by atoms with van der Waals surface area (Å²) in [6.45, 7) is 1.66. The van der Waals surface area contributed by atoms with Crippen molar-refractivity contribution in [3.63, 3.8) is 0 Å². The number of aromatic nitrogens is 5. The van der Waals surface area contributed by atoms with E-state index < -0.39 is 11.7 Å². The summed E-state index contributed by atoms with van der Waals surface area (Å²) in [5.41, 5.74) is 1.84. The summed E-state index contributed by atoms with van der Waals surface area (Å²) in [5, 5.41) is 11.3. The molecule has 0 amide bonds. The Morgan fingerprint density at radius 3 is 2.78 bits per heavy atom. The topological polar surface area (TPSA) is 83.5 Å². The third kappa shape index (κ3) is 3.93. The number of aryl methyl sites for hydroxylation is 1. The zero-order valence-electron chi connectivity index (χ0n) is 17.4. The largest absolute Gasteiger partial charge is 0.419 e. The third-order valence-electron chi connectivity index (χ3n) is 5.70. The van der Waals surface area contributed by atoms with Gasteiger partial charge in [-0.3, -0.25) is 4.68 Å². The molecule has 1 aliphatic rings. The number of aromatic amines is 1. The first-order valence-corrected chi connectivity index (χ1v) is 10.4. The van der Waals surface area contributed by atoms with Gasteiger partial charge < -0.3 is 15.6 Å². The first-order valence-electron chi connectivity index (χ1n) is 10.4. The molecule has 32 heavy (non-hydrogen) atoms. The maximum atomic E-state index is 13.8. The molecule has 0 spiro atoms. The minimum atomic E-state index is -4.58. The summed E-state index contributed by atoms with van der Waals surface area (Å²) in [4.78, 5) is 11.4. The average Bonchev–Trinajstić information content (AvgIpc) is 3.39. The van der Waals surface area contributed by atoms with E-state index in [9.17, 15) is 13.2 Å². The second kappa shape index (κ2) is 7.94. The first-order chi connectivity index (χ1) is 15.4. The van der Waals surface area contributed by atoms with Crippen molar-refractivity contribution in [2.24, 2.45) is 7.05 Å². The summed E-state index contributed by atoms with van der Waals surface area (Å²) >= 11 is 0. The summed E-state index contributed by atoms with van der Waals surface area (Å²) < 4.78 is 43.2. The van der Waals surface area contributed by atoms with Crippen LogP contribution in [-0.4, -0.2) is 43.9 Å². The van der Waals surface area contributed by atoms with Crippen molar-refractivity contribution in [2.45, 2.75) is 25.1 Å². The van der Waals surface area contributed by atoms with Crippen molar-refractivity contribution in [3.05, 3.63) is 48.5 Å². The van der Waals surface area contributed by atoms with E-state index in [4.69, 9.17) is 0 Å². The van der Waals surface area contributed by atoms with Crippen LogP contribution in [0.5, 0.6) is 0 Å². The molecule has 0 unspecified atom stereocenters. The molecule has 5 rings (SSSR count). The molecular formula is C22H22F3N7. The van der Waals surface area contributed by atoms with Gasteiger partial charge in [0.05, 0.1) is 11.9 Å². The quantitative estimate of drug-likeness (QED) is 0.442. The van der Waals surface area contributed by atoms with Crippen LogP contribution in [0, 0.1) is 0 Å². The van der Waals surface area contributed by atoms with Crippen LogP contribution in [-0.2, 0) is 13.2 Å². The predicted molar refractivity (Wildman–Crippen MR) is 116 cm³/mol. The number of nitrogens with zero attached hydrogens (tertiary/aromatic N) is 4. The Morgan fingerprint density at radius 1 is 1.19 bits per heavy atom. The van der Waals surface area contributed by atoms with Crippen LogP contribution in [0.4, 0.5) is 19.1 Å². The van der Waals surface area contributed by atoms with Crippen molar-refractivity contribution < 1.29 is 13.2 Å². The number of nitrogens with one attached hydrogen (secondary N) is 3. The number of H-pyrrole nitrogens is 1. The number of benzene rings is 1. The highest BCUT2D eigenvalue weighted by atomic mass is 19.4. The van der Waals surface area contributed by atoms with E-state index in [1.165, 1.54) is 0 Å². The fraction of sp³-hybridized carbons (Fsp3) is 0.318. The Labute approximate surface area is 182 Å². The fourth-order valence-electron chi connectivity index (χ4n) is 4.09. The fourth-order valence-corrected chi connectivity index (χ4v) is 4.09. The van der Waals surface area contributed by atoms with E-state index in [0.29, 0.717) is 10.9 Å². The van der Waals surface area contributed by atoms with Gasteiger partial charge in [-0.2, -0.15) is 18.3 Å². The number of rotatable bonds is 4. The molecule has 1 aromatic carbocycles. The number of piperidine rings is 1. The first kappa shape index (κ1) is 20.5. The lowest BCUT2D eigenvalue weighted by molar-refractivity contribution is -0.137. The molecule has 3 N–H and O–H groups in total. The Bertz CT molecular complexity index is 1250. The summed E-state index contributed by atoms with van der Waals surface area (Å²) in [6, 6.07) is 5.70. The molecule has 7 nitrogen and oxygen atoms in total. The smallest absolute Gasteiger partial charge is 0.360 e. The van der Waals surface area contributed by atoms with Crippen molar-refractivity contribution in [2.75, 3.05) is 18.4 Å². The molecule has 166 valence electrons. The second-order valence-corrected chi connectivity index (χ2v) is 8.01. The molecule has 4 heterocycles. The summed E-state index contributed by atoms with van der Waals surface area (Å²) in [7, 11) is 1.82. The van der Waals surface area contributed by atoms with Gasteiger partial charge in [-0.25, -0.2) is 9.97 Å². The lowest BCUT2D eigenvalue weighted by Crippen LogP contribution is -2.38. The van der Waals surface area contributed by atoms with Crippen molar-refractivity contribution in [1.29, 1.82) is 0 Å². The molecule has 1 aliphatic heterocycles. The Hall–Kier alpha value is -3.40. The summed E-state index contributed by atoms with van der Waals surface area (Å²) in [5.74, 6) is 0.194. The molecule has 3 aromatic heterocycles. The molecule has 0 aliphatic carbocycles. The molecule has 10 heteroatoms. The molecule has 4 aromatic rings. The number of anilines is 1. The number of hydrogen-bond acceptors (Lipinski definition) is 5. The van der Waals surface area contributed by atoms with Gasteiger partial charge in [0.1, 0.15) is 5.56 Å². The van der Waals surface area contributed by atoms with Gasteiger partial charge in [-0.1, -0.05) is 6.07 Å². The lowest BCUT2D eigenvalue weighted by atomic mass is 10.0. The number of alkyl halides is 3. The van der Waals surface area contributed by atoms with Gasteiger partial charge in [-0.15, -0.1) is 0 Å². The van der Waals surface area contributed by atoms with Crippen LogP contribution in [0.1, 0.15) is 18.4 Å². The van der Waals surface area contributed by atoms with Gasteiger partial charge in [0, 0.05) is 60.3 Å². The maximum absolute atomic E-state index is 13.8. The van der Waals surface area contributed by atoms with Crippen LogP contribution in [0.3, 0.4) is 0 Å². The molecule has 0 saturated carbocycles. The SMILES string of the molecule is Cn1cc(-c2ccc3[nH]cc(-c4nc(N[C@H]5CCCNC5)ncc4C(F)(F)F)c3c2)cn1. The Balaban J connectivity index is 1.60. The van der Waals surface area contributed by atoms with Crippen molar-refractivity contribution in [3.8, 4) is 22.4 Å². The van der Waals surface area contributed by atoms with E-state index in [2.05, 4.69) is 30.7 Å². The molecule has 1 saturated heterocycles. The molecule has 0 radical (unpaired) electrons. The standard InChI is InChI=1S/C22H22F3N7/c1-32-12-14(8-29-32)13-4-5-19-16(7-13)17(10-27-19)20-18(22(23,24)25)11-28-21(31-20)30-15-3-2-6-26-9-15/h4-5,7-8,10-12,15,26-27H,2-3,6,9H2,1H3,(H,28,30,31)/t15-/m0/s1. The number of halogens is 3. The van der Waals surface area contributed by atoms with Crippen LogP contribution in [0.15, 0.2) is 43.0 Å². The van der Waals surface area contributed by atoms with E-state index in [0.717, 1.165) is 48.8 Å². The van der Waals surface area contributed by atoms with E-state index in [-0.39, 0.29) is 17.7 Å². The maximum Gasteiger partial charge on any atom is 0.419 e. The Kier molecular flexibility index (Phi) is 5.09. The number of fused-ring (bicyclic) bond motifs is 1. The van der Waals surface area contributed by atoms with Gasteiger partial charge in [0.15, 0.2) is 0 Å². The van der Waals surface area contributed by atoms with E-state index in [1.807, 2.05) is 31.4 Å². The van der Waals surface area contributed by atoms with Crippen molar-refractivity contribution >= 4 is 16.9 Å². The summed E-state index contributed by atoms with van der Waals surface area (Å²) in [6.07, 6.45) is 3.34. The van der Waals surface area contributed by atoms with Crippen LogP contribution in [0.2, 0.25) is 0 Å². The highest BCUT2D eigenvalue weighted by Crippen LogP contribution is 2.39. The molecular weight excluding hydrogens is 419 g/mol. The predicted octanol–water partition coefficient (Wildman–Crippen LogP) is 4.21. The molecule has 1 fully saturated rings. The second-order valence-electron chi connectivity index (χ2n) is 8.01. The number of hydrogen-bond donors (Lipinski definition) is 3. The lowest BCUT2D eigenvalue weighted by Gasteiger charge is -2.24. The van der Waals surface area contributed by atoms with E-state index >= 15 is 0 Å². The Morgan fingerprint density at radius 2 is 2.06 bits per heavy atom. The molecule has 1 atom stereocenters. The highest BCUT2D eigenvalue weighted by Gasteiger charge is 2.36. The third-order valence-corrected chi connectivity index (χ3v) is 5.70.